The fourth-order valence-corrected chi connectivity index (χ4v) is 2.97. The van der Waals surface area contributed by atoms with Gasteiger partial charge in [0.05, 0.1) is 18.4 Å². The highest BCUT2D eigenvalue weighted by molar-refractivity contribution is 6.31. The Hall–Kier alpha value is -4.20. The Bertz CT molecular complexity index is 1180. The first-order valence-corrected chi connectivity index (χ1v) is 8.87. The summed E-state index contributed by atoms with van der Waals surface area (Å²) in [6.07, 6.45) is 1.33. The molecule has 2 heterocycles. The van der Waals surface area contributed by atoms with E-state index in [1.54, 1.807) is 36.4 Å². The summed E-state index contributed by atoms with van der Waals surface area (Å²) in [7, 11) is 1.30. The molecule has 150 valence electrons. The molecule has 0 saturated carbocycles. The first-order chi connectivity index (χ1) is 14.5. The standard InChI is InChI=1S/C22H15FN2O5/c1-29-22(28)14-4-2-3-13(11-14)19-10-9-17(30-19)12-18-20(26)24-25(21(18)27)16-7-5-15(23)6-8-16/h2-12H,1H3,(H,24,26)/b18-12+. The Morgan fingerprint density at radius 1 is 1.10 bits per heavy atom. The summed E-state index contributed by atoms with van der Waals surface area (Å²) in [4.78, 5) is 36.6. The maximum Gasteiger partial charge on any atom is 0.337 e. The van der Waals surface area contributed by atoms with E-state index in [9.17, 15) is 18.8 Å². The van der Waals surface area contributed by atoms with Crippen molar-refractivity contribution in [2.24, 2.45) is 0 Å². The van der Waals surface area contributed by atoms with E-state index in [1.807, 2.05) is 0 Å². The average Bonchev–Trinajstić information content (AvgIpc) is 3.34. The summed E-state index contributed by atoms with van der Waals surface area (Å²) in [5.74, 6) is -1.37. The van der Waals surface area contributed by atoms with E-state index in [-0.39, 0.29) is 11.3 Å². The summed E-state index contributed by atoms with van der Waals surface area (Å²) in [6.45, 7) is 0. The number of halogens is 1. The molecule has 0 atom stereocenters. The molecule has 2 aromatic carbocycles. The van der Waals surface area contributed by atoms with Crippen LogP contribution in [0.1, 0.15) is 16.1 Å². The largest absolute Gasteiger partial charge is 0.465 e. The molecular weight excluding hydrogens is 391 g/mol. The molecule has 7 nitrogen and oxygen atoms in total. The number of esters is 1. The number of rotatable bonds is 4. The van der Waals surface area contributed by atoms with Gasteiger partial charge in [-0.25, -0.2) is 14.2 Å². The number of hydrogen-bond acceptors (Lipinski definition) is 5. The Morgan fingerprint density at radius 3 is 2.60 bits per heavy atom. The second kappa shape index (κ2) is 7.67. The smallest absolute Gasteiger partial charge is 0.337 e. The van der Waals surface area contributed by atoms with E-state index < -0.39 is 23.6 Å². The van der Waals surface area contributed by atoms with Gasteiger partial charge in [0, 0.05) is 5.56 Å². The minimum atomic E-state index is -0.602. The van der Waals surface area contributed by atoms with Crippen LogP contribution in [0, 0.1) is 5.82 Å². The van der Waals surface area contributed by atoms with Crippen LogP contribution in [0.3, 0.4) is 0 Å². The van der Waals surface area contributed by atoms with Gasteiger partial charge in [0.15, 0.2) is 0 Å². The summed E-state index contributed by atoms with van der Waals surface area (Å²) in [5, 5.41) is 1.04. The second-order valence-corrected chi connectivity index (χ2v) is 6.39. The number of methoxy groups -OCH3 is 1. The predicted octanol–water partition coefficient (Wildman–Crippen LogP) is 3.33. The van der Waals surface area contributed by atoms with Crippen molar-refractivity contribution in [2.45, 2.75) is 0 Å². The van der Waals surface area contributed by atoms with Crippen LogP contribution in [0.5, 0.6) is 0 Å². The van der Waals surface area contributed by atoms with E-state index in [2.05, 4.69) is 5.43 Å². The number of ether oxygens (including phenoxy) is 1. The molecule has 0 aliphatic carbocycles. The zero-order valence-corrected chi connectivity index (χ0v) is 15.7. The van der Waals surface area contributed by atoms with Crippen LogP contribution in [0.2, 0.25) is 0 Å². The molecule has 3 aromatic rings. The van der Waals surface area contributed by atoms with E-state index in [0.717, 1.165) is 5.01 Å². The number of nitrogens with zero attached hydrogens (tertiary/aromatic N) is 1. The molecule has 8 heteroatoms. The maximum atomic E-state index is 13.1. The second-order valence-electron chi connectivity index (χ2n) is 6.39. The Kier molecular flexibility index (Phi) is 4.89. The van der Waals surface area contributed by atoms with Gasteiger partial charge in [-0.15, -0.1) is 0 Å². The van der Waals surface area contributed by atoms with Crippen LogP contribution >= 0.6 is 0 Å². The third kappa shape index (κ3) is 3.58. The monoisotopic (exact) mass is 406 g/mol. The molecule has 1 aromatic heterocycles. The van der Waals surface area contributed by atoms with E-state index >= 15 is 0 Å². The molecule has 0 unspecified atom stereocenters. The maximum absolute atomic E-state index is 13.1. The van der Waals surface area contributed by atoms with Gasteiger partial charge in [-0.3, -0.25) is 15.0 Å². The van der Waals surface area contributed by atoms with Crippen molar-refractivity contribution in [3.8, 4) is 11.3 Å². The van der Waals surface area contributed by atoms with Crippen molar-refractivity contribution in [1.29, 1.82) is 0 Å². The lowest BCUT2D eigenvalue weighted by Gasteiger charge is -2.14. The zero-order valence-electron chi connectivity index (χ0n) is 15.7. The molecule has 2 amide bonds. The summed E-state index contributed by atoms with van der Waals surface area (Å²) in [5.41, 5.74) is 3.65. The lowest BCUT2D eigenvalue weighted by atomic mass is 10.1. The van der Waals surface area contributed by atoms with E-state index in [4.69, 9.17) is 9.15 Å². The quantitative estimate of drug-likeness (QED) is 0.408. The third-order valence-corrected chi connectivity index (χ3v) is 4.46. The van der Waals surface area contributed by atoms with E-state index in [0.29, 0.717) is 22.6 Å². The molecule has 30 heavy (non-hydrogen) atoms. The number of furan rings is 1. The average molecular weight is 406 g/mol. The van der Waals surface area contributed by atoms with Crippen molar-refractivity contribution in [1.82, 2.24) is 5.43 Å². The summed E-state index contributed by atoms with van der Waals surface area (Å²) in [6, 6.07) is 15.1. The molecule has 1 N–H and O–H groups in total. The number of hydrogen-bond donors (Lipinski definition) is 1. The van der Waals surface area contributed by atoms with Gasteiger partial charge in [-0.05, 0) is 54.6 Å². The number of carbonyl (C=O) groups excluding carboxylic acids is 3. The lowest BCUT2D eigenvalue weighted by Crippen LogP contribution is -2.35. The fraction of sp³-hybridized carbons (Fsp3) is 0.0455. The summed E-state index contributed by atoms with van der Waals surface area (Å²) < 4.78 is 23.5. The molecule has 0 radical (unpaired) electrons. The first-order valence-electron chi connectivity index (χ1n) is 8.87. The highest BCUT2D eigenvalue weighted by atomic mass is 19.1. The van der Waals surface area contributed by atoms with E-state index in [1.165, 1.54) is 37.5 Å². The SMILES string of the molecule is COC(=O)c1cccc(-c2ccc(/C=C3\C(=O)NN(c4ccc(F)cc4)C3=O)o2)c1. The Morgan fingerprint density at radius 2 is 1.87 bits per heavy atom. The normalized spacial score (nSPS) is 14.9. The topological polar surface area (TPSA) is 88.9 Å². The minimum absolute atomic E-state index is 0.122. The van der Waals surface area contributed by atoms with Crippen molar-refractivity contribution in [3.05, 3.63) is 83.4 Å². The molecule has 4 rings (SSSR count). The zero-order chi connectivity index (χ0) is 21.3. The molecule has 1 aliphatic heterocycles. The fourth-order valence-electron chi connectivity index (χ4n) is 2.97. The van der Waals surface area contributed by atoms with Gasteiger partial charge >= 0.3 is 5.97 Å². The molecule has 0 spiro atoms. The van der Waals surface area contributed by atoms with Crippen LogP contribution < -0.4 is 10.4 Å². The number of hydrazine groups is 1. The minimum Gasteiger partial charge on any atom is -0.465 e. The highest BCUT2D eigenvalue weighted by Crippen LogP contribution is 2.26. The lowest BCUT2D eigenvalue weighted by molar-refractivity contribution is -0.117. The van der Waals surface area contributed by atoms with Crippen LogP contribution in [0.15, 0.2) is 70.7 Å². The first kappa shape index (κ1) is 19.1. The van der Waals surface area contributed by atoms with Gasteiger partial charge < -0.3 is 9.15 Å². The number of amides is 2. The van der Waals surface area contributed by atoms with Crippen LogP contribution in [-0.2, 0) is 14.3 Å². The van der Waals surface area contributed by atoms with Crippen LogP contribution in [0.25, 0.3) is 17.4 Å². The van der Waals surface area contributed by atoms with Gasteiger partial charge in [0.2, 0.25) is 0 Å². The van der Waals surface area contributed by atoms with Gasteiger partial charge in [-0.2, -0.15) is 0 Å². The molecule has 1 fully saturated rings. The van der Waals surface area contributed by atoms with Gasteiger partial charge in [-0.1, -0.05) is 12.1 Å². The van der Waals surface area contributed by atoms with Crippen molar-refractivity contribution >= 4 is 29.5 Å². The molecule has 0 bridgehead atoms. The third-order valence-electron chi connectivity index (χ3n) is 4.46. The number of benzene rings is 2. The Balaban J connectivity index is 1.60. The van der Waals surface area contributed by atoms with Gasteiger partial charge in [0.25, 0.3) is 11.8 Å². The highest BCUT2D eigenvalue weighted by Gasteiger charge is 2.34. The van der Waals surface area contributed by atoms with Crippen LogP contribution in [0.4, 0.5) is 10.1 Å². The molecular formula is C22H15FN2O5. The summed E-state index contributed by atoms with van der Waals surface area (Å²) >= 11 is 0. The predicted molar refractivity (Wildman–Crippen MR) is 105 cm³/mol. The number of anilines is 1. The van der Waals surface area contributed by atoms with Crippen molar-refractivity contribution < 1.29 is 27.9 Å². The number of nitrogens with one attached hydrogen (secondary N) is 1. The van der Waals surface area contributed by atoms with Crippen molar-refractivity contribution in [3.63, 3.8) is 0 Å². The molecule has 1 saturated heterocycles. The Labute approximate surface area is 170 Å². The van der Waals surface area contributed by atoms with Crippen molar-refractivity contribution in [2.75, 3.05) is 12.1 Å². The van der Waals surface area contributed by atoms with Crippen LogP contribution in [-0.4, -0.2) is 24.9 Å². The van der Waals surface area contributed by atoms with Gasteiger partial charge in [0.1, 0.15) is 22.9 Å². The number of carbonyl (C=O) groups is 3. The molecule has 1 aliphatic rings.